The van der Waals surface area contributed by atoms with Crippen LogP contribution in [-0.2, 0) is 13.0 Å². The average molecular weight is 318 g/mol. The second-order valence-corrected chi connectivity index (χ2v) is 5.74. The Morgan fingerprint density at radius 3 is 3.11 bits per heavy atom. The van der Waals surface area contributed by atoms with E-state index in [9.17, 15) is 0 Å². The van der Waals surface area contributed by atoms with Crippen molar-refractivity contribution in [2.75, 3.05) is 11.9 Å². The Hall–Kier alpha value is -1.39. The number of pyridine rings is 1. The van der Waals surface area contributed by atoms with Gasteiger partial charge in [0, 0.05) is 41.7 Å². The molecule has 1 aromatic heterocycles. The van der Waals surface area contributed by atoms with Gasteiger partial charge in [-0.2, -0.15) is 0 Å². The van der Waals surface area contributed by atoms with Gasteiger partial charge in [-0.3, -0.25) is 4.98 Å². The summed E-state index contributed by atoms with van der Waals surface area (Å²) in [5.74, 6) is 0. The lowest BCUT2D eigenvalue weighted by Crippen LogP contribution is -2.34. The smallest absolute Gasteiger partial charge is 0.0387 e. The number of benzene rings is 1. The lowest BCUT2D eigenvalue weighted by atomic mass is 10.1. The van der Waals surface area contributed by atoms with Crippen LogP contribution in [-0.4, -0.2) is 17.6 Å². The summed E-state index contributed by atoms with van der Waals surface area (Å²) in [6.07, 6.45) is 4.75. The highest BCUT2D eigenvalue weighted by atomic mass is 79.9. The number of aromatic nitrogens is 1. The van der Waals surface area contributed by atoms with Crippen molar-refractivity contribution in [3.05, 3.63) is 58.3 Å². The van der Waals surface area contributed by atoms with E-state index in [4.69, 9.17) is 0 Å². The summed E-state index contributed by atoms with van der Waals surface area (Å²) in [5, 5.41) is 7.12. The van der Waals surface area contributed by atoms with E-state index in [0.717, 1.165) is 24.0 Å². The minimum atomic E-state index is 0.426. The van der Waals surface area contributed by atoms with Gasteiger partial charge in [0.1, 0.15) is 0 Å². The molecule has 1 aliphatic heterocycles. The highest BCUT2D eigenvalue weighted by molar-refractivity contribution is 9.10. The minimum Gasteiger partial charge on any atom is -0.383 e. The normalized spacial score (nSPS) is 18.3. The maximum atomic E-state index is 4.17. The Balaban J connectivity index is 1.70. The van der Waals surface area contributed by atoms with Gasteiger partial charge in [0.05, 0.1) is 0 Å². The van der Waals surface area contributed by atoms with Crippen molar-refractivity contribution in [2.45, 2.75) is 19.0 Å². The van der Waals surface area contributed by atoms with Gasteiger partial charge in [-0.25, -0.2) is 0 Å². The van der Waals surface area contributed by atoms with Gasteiger partial charge in [0.15, 0.2) is 0 Å². The van der Waals surface area contributed by atoms with E-state index in [0.29, 0.717) is 6.04 Å². The monoisotopic (exact) mass is 317 g/mol. The highest BCUT2D eigenvalue weighted by Crippen LogP contribution is 2.23. The number of anilines is 1. The second kappa shape index (κ2) is 5.72. The molecule has 0 amide bonds. The molecule has 0 saturated heterocycles. The molecule has 0 saturated carbocycles. The van der Waals surface area contributed by atoms with Crippen LogP contribution in [0.4, 0.5) is 5.69 Å². The van der Waals surface area contributed by atoms with Crippen LogP contribution < -0.4 is 10.6 Å². The fraction of sp³-hybridized carbons (Fsp3) is 0.267. The molecule has 98 valence electrons. The molecule has 0 radical (unpaired) electrons. The zero-order chi connectivity index (χ0) is 13.1. The number of hydrogen-bond acceptors (Lipinski definition) is 3. The molecule has 2 heterocycles. The van der Waals surface area contributed by atoms with Crippen LogP contribution in [0.3, 0.4) is 0 Å². The predicted octanol–water partition coefficient (Wildman–Crippen LogP) is 2.97. The number of nitrogens with one attached hydrogen (secondary N) is 2. The van der Waals surface area contributed by atoms with Crippen molar-refractivity contribution >= 4 is 21.6 Å². The largest absolute Gasteiger partial charge is 0.383 e. The first-order valence-corrected chi connectivity index (χ1v) is 7.25. The first kappa shape index (κ1) is 12.6. The van der Waals surface area contributed by atoms with E-state index >= 15 is 0 Å². The van der Waals surface area contributed by atoms with Crippen molar-refractivity contribution in [1.29, 1.82) is 0 Å². The SMILES string of the molecule is Brc1ccc2c(c1)CNC(Cc1cccnc1)CN2. The van der Waals surface area contributed by atoms with Crippen molar-refractivity contribution in [1.82, 2.24) is 10.3 Å². The number of halogens is 1. The first-order chi connectivity index (χ1) is 9.31. The summed E-state index contributed by atoms with van der Waals surface area (Å²) in [5.41, 5.74) is 3.81. The topological polar surface area (TPSA) is 37.0 Å². The molecule has 1 aliphatic rings. The molecule has 0 fully saturated rings. The van der Waals surface area contributed by atoms with Crippen LogP contribution in [0.15, 0.2) is 47.2 Å². The Labute approximate surface area is 121 Å². The van der Waals surface area contributed by atoms with Crippen molar-refractivity contribution in [2.24, 2.45) is 0 Å². The number of hydrogen-bond donors (Lipinski definition) is 2. The summed E-state index contributed by atoms with van der Waals surface area (Å²) in [4.78, 5) is 4.17. The zero-order valence-electron chi connectivity index (χ0n) is 10.6. The maximum Gasteiger partial charge on any atom is 0.0387 e. The molecular formula is C15H16BrN3. The molecule has 4 heteroatoms. The predicted molar refractivity (Wildman–Crippen MR) is 81.2 cm³/mol. The first-order valence-electron chi connectivity index (χ1n) is 6.46. The second-order valence-electron chi connectivity index (χ2n) is 4.83. The van der Waals surface area contributed by atoms with Gasteiger partial charge in [-0.05, 0) is 41.8 Å². The third-order valence-corrected chi connectivity index (χ3v) is 3.89. The molecule has 2 N–H and O–H groups in total. The Bertz CT molecular complexity index is 557. The summed E-state index contributed by atoms with van der Waals surface area (Å²) in [6.45, 7) is 1.83. The van der Waals surface area contributed by atoms with Gasteiger partial charge in [0.25, 0.3) is 0 Å². The fourth-order valence-corrected chi connectivity index (χ4v) is 2.80. The Kier molecular flexibility index (Phi) is 3.80. The number of rotatable bonds is 2. The lowest BCUT2D eigenvalue weighted by molar-refractivity contribution is 0.536. The summed E-state index contributed by atoms with van der Waals surface area (Å²) in [7, 11) is 0. The van der Waals surface area contributed by atoms with Gasteiger partial charge >= 0.3 is 0 Å². The summed E-state index contributed by atoms with van der Waals surface area (Å²) < 4.78 is 1.13. The minimum absolute atomic E-state index is 0.426. The summed E-state index contributed by atoms with van der Waals surface area (Å²) >= 11 is 3.52. The molecule has 3 nitrogen and oxygen atoms in total. The number of nitrogens with zero attached hydrogens (tertiary/aromatic N) is 1. The maximum absolute atomic E-state index is 4.17. The fourth-order valence-electron chi connectivity index (χ4n) is 2.39. The van der Waals surface area contributed by atoms with Crippen LogP contribution in [0.25, 0.3) is 0 Å². The summed E-state index contributed by atoms with van der Waals surface area (Å²) in [6, 6.07) is 10.9. The molecule has 19 heavy (non-hydrogen) atoms. The van der Waals surface area contributed by atoms with Gasteiger partial charge in [-0.1, -0.05) is 22.0 Å². The third-order valence-electron chi connectivity index (χ3n) is 3.39. The molecular weight excluding hydrogens is 302 g/mol. The Morgan fingerprint density at radius 1 is 1.32 bits per heavy atom. The highest BCUT2D eigenvalue weighted by Gasteiger charge is 2.15. The van der Waals surface area contributed by atoms with Gasteiger partial charge < -0.3 is 10.6 Å². The molecule has 1 aromatic carbocycles. The molecule has 0 aliphatic carbocycles. The van der Waals surface area contributed by atoms with Crippen LogP contribution >= 0.6 is 15.9 Å². The zero-order valence-corrected chi connectivity index (χ0v) is 12.2. The van der Waals surface area contributed by atoms with Crippen LogP contribution in [0, 0.1) is 0 Å². The van der Waals surface area contributed by atoms with E-state index < -0.39 is 0 Å². The lowest BCUT2D eigenvalue weighted by Gasteiger charge is -2.15. The molecule has 2 aromatic rings. The van der Waals surface area contributed by atoms with Crippen LogP contribution in [0.2, 0.25) is 0 Å². The van der Waals surface area contributed by atoms with Crippen LogP contribution in [0.1, 0.15) is 11.1 Å². The Morgan fingerprint density at radius 2 is 2.26 bits per heavy atom. The van der Waals surface area contributed by atoms with E-state index in [-0.39, 0.29) is 0 Å². The molecule has 0 bridgehead atoms. The van der Waals surface area contributed by atoms with Crippen molar-refractivity contribution in [3.8, 4) is 0 Å². The van der Waals surface area contributed by atoms with Crippen molar-refractivity contribution < 1.29 is 0 Å². The van der Waals surface area contributed by atoms with Crippen molar-refractivity contribution in [3.63, 3.8) is 0 Å². The molecule has 1 unspecified atom stereocenters. The quantitative estimate of drug-likeness (QED) is 0.894. The van der Waals surface area contributed by atoms with Gasteiger partial charge in [-0.15, -0.1) is 0 Å². The molecule has 1 atom stereocenters. The van der Waals surface area contributed by atoms with E-state index in [2.05, 4.69) is 55.8 Å². The third kappa shape index (κ3) is 3.14. The van der Waals surface area contributed by atoms with Crippen LogP contribution in [0.5, 0.6) is 0 Å². The number of fused-ring (bicyclic) bond motifs is 1. The van der Waals surface area contributed by atoms with E-state index in [1.165, 1.54) is 16.8 Å². The van der Waals surface area contributed by atoms with Gasteiger partial charge in [0.2, 0.25) is 0 Å². The average Bonchev–Trinajstić information content (AvgIpc) is 2.63. The van der Waals surface area contributed by atoms with E-state index in [1.807, 2.05) is 18.5 Å². The molecule has 0 spiro atoms. The standard InChI is InChI=1S/C15H16BrN3/c16-13-3-4-15-12(7-13)9-18-14(10-19-15)6-11-2-1-5-17-8-11/h1-5,7-8,14,18-19H,6,9-10H2. The van der Waals surface area contributed by atoms with E-state index in [1.54, 1.807) is 0 Å². The molecule has 3 rings (SSSR count).